The minimum absolute atomic E-state index is 0. The van der Waals surface area contributed by atoms with Crippen molar-refractivity contribution in [1.29, 1.82) is 0 Å². The van der Waals surface area contributed by atoms with Crippen LogP contribution in [0.4, 0.5) is 0 Å². The van der Waals surface area contributed by atoms with Gasteiger partial charge in [0.1, 0.15) is 0 Å². The average Bonchev–Trinajstić information content (AvgIpc) is 2.16. The summed E-state index contributed by atoms with van der Waals surface area (Å²) in [6.45, 7) is 3.96. The average molecular weight is 405 g/mol. The van der Waals surface area contributed by atoms with Crippen LogP contribution in [0.25, 0.3) is 0 Å². The first-order valence-corrected chi connectivity index (χ1v) is 9.90. The molecule has 0 heterocycles. The number of rotatable bonds is 3. The van der Waals surface area contributed by atoms with Gasteiger partial charge in [0, 0.05) is 18.5 Å². The number of hydrogen-bond donors (Lipinski definition) is 0. The summed E-state index contributed by atoms with van der Waals surface area (Å²) in [7, 11) is -12.4. The molecule has 0 radical (unpaired) electrons. The molecular weight excluding hydrogens is 390 g/mol. The van der Waals surface area contributed by atoms with Crippen molar-refractivity contribution in [2.75, 3.05) is 18.5 Å². The Morgan fingerprint density at radius 2 is 0.476 bits per heavy atom. The zero-order chi connectivity index (χ0) is 15.6. The van der Waals surface area contributed by atoms with Crippen LogP contribution < -0.4 is 44.0 Å². The van der Waals surface area contributed by atoms with Gasteiger partial charge in [0.25, 0.3) is 0 Å². The van der Waals surface area contributed by atoms with Gasteiger partial charge in [-0.1, -0.05) is 0 Å². The molecular formula is C6H15Al3O9P3+3. The van der Waals surface area contributed by atoms with E-state index in [1.807, 2.05) is 0 Å². The smallest absolute Gasteiger partial charge is 0.688 e. The molecule has 0 aromatic rings. The van der Waals surface area contributed by atoms with E-state index in [2.05, 4.69) is 0 Å². The van der Waals surface area contributed by atoms with Crippen LogP contribution in [0.2, 0.25) is 0 Å². The molecule has 0 aliphatic carbocycles. The Bertz CT molecular complexity index is 161. The first-order valence-electron chi connectivity index (χ1n) is 4.71. The van der Waals surface area contributed by atoms with Crippen LogP contribution in [0.1, 0.15) is 20.8 Å². The van der Waals surface area contributed by atoms with Gasteiger partial charge in [-0.05, 0) is 20.8 Å². The fraction of sp³-hybridized carbons (Fsp3) is 1.00. The molecule has 0 saturated carbocycles. The van der Waals surface area contributed by atoms with E-state index in [1.165, 1.54) is 20.8 Å². The summed E-state index contributed by atoms with van der Waals surface area (Å²) in [6.07, 6.45) is -0.854. The van der Waals surface area contributed by atoms with Crippen molar-refractivity contribution in [2.45, 2.75) is 20.8 Å². The molecule has 0 aromatic heterocycles. The monoisotopic (exact) mass is 405 g/mol. The van der Waals surface area contributed by atoms with E-state index in [0.29, 0.717) is 0 Å². The molecule has 0 saturated heterocycles. The largest absolute Gasteiger partial charge is 3.00 e. The van der Waals surface area contributed by atoms with E-state index in [4.69, 9.17) is 0 Å². The first kappa shape index (κ1) is 38.9. The van der Waals surface area contributed by atoms with Crippen molar-refractivity contribution in [3.8, 4) is 0 Å². The van der Waals surface area contributed by atoms with Gasteiger partial charge >= 0.3 is 52.1 Å². The van der Waals surface area contributed by atoms with Crippen LogP contribution in [-0.4, -0.2) is 70.6 Å². The Morgan fingerprint density at radius 3 is 0.476 bits per heavy atom. The van der Waals surface area contributed by atoms with Crippen LogP contribution >= 0.6 is 23.8 Å². The van der Waals surface area contributed by atoms with E-state index in [0.717, 1.165) is 0 Å². The molecule has 0 fully saturated rings. The maximum Gasteiger partial charge on any atom is 3.00 e. The van der Waals surface area contributed by atoms with Crippen molar-refractivity contribution in [3.05, 3.63) is 0 Å². The zero-order valence-electron chi connectivity index (χ0n) is 11.9. The van der Waals surface area contributed by atoms with Crippen LogP contribution in [0.15, 0.2) is 0 Å². The molecule has 15 heteroatoms. The standard InChI is InChI=1S/3C2H7O3P.3Al/c3*1-2-6(3,4)5;;;/h3*2H2,1H3,(H2,3,4,5);;;/q;;;3*+3/p-6. The molecule has 0 bridgehead atoms. The molecule has 0 aromatic carbocycles. The van der Waals surface area contributed by atoms with Gasteiger partial charge in [0.05, 0.1) is 0 Å². The second-order valence-corrected chi connectivity index (χ2v) is 8.34. The van der Waals surface area contributed by atoms with Gasteiger partial charge in [-0.2, -0.15) is 23.8 Å². The maximum absolute atomic E-state index is 9.47. The Labute approximate surface area is 158 Å². The topological polar surface area (TPSA) is 208 Å². The Morgan fingerprint density at radius 1 is 0.429 bits per heavy atom. The van der Waals surface area contributed by atoms with Crippen LogP contribution in [0.5, 0.6) is 0 Å². The molecule has 9 nitrogen and oxygen atoms in total. The summed E-state index contributed by atoms with van der Waals surface area (Å²) in [5.41, 5.74) is 0. The molecule has 0 aliphatic heterocycles. The normalized spacial score (nSPS) is 10.3. The van der Waals surface area contributed by atoms with E-state index >= 15 is 0 Å². The van der Waals surface area contributed by atoms with Crippen molar-refractivity contribution in [1.82, 2.24) is 0 Å². The fourth-order valence-electron chi connectivity index (χ4n) is 0. The fourth-order valence-corrected chi connectivity index (χ4v) is 0. The molecule has 0 amide bonds. The summed E-state index contributed by atoms with van der Waals surface area (Å²) in [5.74, 6) is 0. The summed E-state index contributed by atoms with van der Waals surface area (Å²) in [5, 5.41) is 0. The van der Waals surface area contributed by atoms with Crippen molar-refractivity contribution in [3.63, 3.8) is 0 Å². The van der Waals surface area contributed by atoms with Gasteiger partial charge in [0.15, 0.2) is 0 Å². The van der Waals surface area contributed by atoms with Crippen molar-refractivity contribution in [2.24, 2.45) is 0 Å². The van der Waals surface area contributed by atoms with Crippen LogP contribution in [-0.2, 0) is 0 Å². The molecule has 21 heavy (non-hydrogen) atoms. The molecule has 0 aliphatic rings. The third-order valence-electron chi connectivity index (χ3n) is 1.16. The predicted molar refractivity (Wildman–Crippen MR) is 69.6 cm³/mol. The zero-order valence-corrected chi connectivity index (χ0v) is 18.0. The number of hydrogen-bond acceptors (Lipinski definition) is 9. The summed E-state index contributed by atoms with van der Waals surface area (Å²) in [6, 6.07) is 0. The molecule has 0 rings (SSSR count). The second-order valence-electron chi connectivity index (χ2n) is 2.78. The van der Waals surface area contributed by atoms with Crippen LogP contribution in [0.3, 0.4) is 0 Å². The van der Waals surface area contributed by atoms with Gasteiger partial charge in [0.2, 0.25) is 0 Å². The van der Waals surface area contributed by atoms with Crippen molar-refractivity contribution < 1.29 is 44.0 Å². The second kappa shape index (κ2) is 18.9. The van der Waals surface area contributed by atoms with E-state index in [1.54, 1.807) is 0 Å². The minimum atomic E-state index is -4.15. The van der Waals surface area contributed by atoms with Crippen molar-refractivity contribution >= 4 is 75.9 Å². The first-order chi connectivity index (χ1) is 7.68. The Hall–Kier alpha value is 2.53. The molecule has 114 valence electrons. The molecule has 0 atom stereocenters. The Balaban J connectivity index is -0.0000000375. The quantitative estimate of drug-likeness (QED) is 0.322. The van der Waals surface area contributed by atoms with Gasteiger partial charge < -0.3 is 44.0 Å². The molecule has 0 spiro atoms. The summed E-state index contributed by atoms with van der Waals surface area (Å²) < 4.78 is 0. The van der Waals surface area contributed by atoms with Crippen LogP contribution in [0, 0.1) is 0 Å². The van der Waals surface area contributed by atoms with E-state index in [-0.39, 0.29) is 70.6 Å². The predicted octanol–water partition coefficient (Wildman–Crippen LogP) is -7.59. The van der Waals surface area contributed by atoms with E-state index < -0.39 is 23.8 Å². The summed E-state index contributed by atoms with van der Waals surface area (Å²) in [4.78, 5) is 85.2. The van der Waals surface area contributed by atoms with Gasteiger partial charge in [-0.15, -0.1) is 0 Å². The van der Waals surface area contributed by atoms with E-state index in [9.17, 15) is 44.0 Å². The Kier molecular flexibility index (Phi) is 34.9. The molecule has 0 N–H and O–H groups in total. The molecule has 0 unspecified atom stereocenters. The minimum Gasteiger partial charge on any atom is -0.688 e. The van der Waals surface area contributed by atoms with Gasteiger partial charge in [-0.3, -0.25) is 0 Å². The van der Waals surface area contributed by atoms with Gasteiger partial charge in [-0.25, -0.2) is 0 Å². The maximum atomic E-state index is 9.47. The summed E-state index contributed by atoms with van der Waals surface area (Å²) >= 11 is 0. The third-order valence-corrected chi connectivity index (χ3v) is 3.49. The third kappa shape index (κ3) is 71.4. The SMILES string of the molecule is CC[P+]([O-])([O-])[O-].CC[P+]([O-])([O-])[O-].CC[P+]([O-])([O-])[O-].[Al+3].[Al+3].[Al+3].